The molecule has 21 heavy (non-hydrogen) atoms. The van der Waals surface area contributed by atoms with Crippen LogP contribution in [-0.4, -0.2) is 16.1 Å². The average molecular weight is 309 g/mol. The maximum Gasteiger partial charge on any atom is 0.105 e. The Kier molecular flexibility index (Phi) is 3.34. The number of hydrogen-bond acceptors (Lipinski definition) is 0. The van der Waals surface area contributed by atoms with Crippen LogP contribution in [-0.2, 0) is 0 Å². The van der Waals surface area contributed by atoms with Gasteiger partial charge in [0.2, 0.25) is 0 Å². The van der Waals surface area contributed by atoms with Crippen molar-refractivity contribution in [2.75, 3.05) is 0 Å². The molecule has 1 aliphatic heterocycles. The molecule has 1 aliphatic rings. The van der Waals surface area contributed by atoms with Gasteiger partial charge in [-0.1, -0.05) is 92.2 Å². The second-order valence-electron chi connectivity index (χ2n) is 7.54. The topological polar surface area (TPSA) is 0 Å². The molecule has 1 heterocycles. The third kappa shape index (κ3) is 2.27. The van der Waals surface area contributed by atoms with Crippen molar-refractivity contribution in [1.29, 1.82) is 0 Å². The van der Waals surface area contributed by atoms with Crippen LogP contribution in [0.4, 0.5) is 0 Å². The maximum atomic E-state index is 2.54. The Morgan fingerprint density at radius 1 is 0.762 bits per heavy atom. The summed E-state index contributed by atoms with van der Waals surface area (Å²) in [6, 6.07) is 20.1. The first-order valence-electron chi connectivity index (χ1n) is 7.74. The molecule has 3 rings (SSSR count). The van der Waals surface area contributed by atoms with Crippen LogP contribution in [0.2, 0.25) is 32.7 Å². The van der Waals surface area contributed by atoms with Gasteiger partial charge in [0, 0.05) is 0 Å². The zero-order valence-corrected chi connectivity index (χ0v) is 15.7. The Hall–Kier alpha value is -1.39. The van der Waals surface area contributed by atoms with Gasteiger partial charge in [0.25, 0.3) is 0 Å². The molecule has 0 fully saturated rings. The molecule has 0 spiro atoms. The molecule has 0 atom stereocenters. The molecule has 2 aromatic rings. The van der Waals surface area contributed by atoms with Crippen molar-refractivity contribution in [1.82, 2.24) is 0 Å². The number of rotatable bonds is 2. The smallest absolute Gasteiger partial charge is 0.0783 e. The van der Waals surface area contributed by atoms with E-state index < -0.39 is 16.1 Å². The van der Waals surface area contributed by atoms with E-state index in [0.717, 1.165) is 0 Å². The van der Waals surface area contributed by atoms with Gasteiger partial charge < -0.3 is 0 Å². The summed E-state index contributed by atoms with van der Waals surface area (Å²) < 4.78 is 0. The highest BCUT2D eigenvalue weighted by Gasteiger charge is 2.44. The Morgan fingerprint density at radius 3 is 1.95 bits per heavy atom. The van der Waals surface area contributed by atoms with Gasteiger partial charge in [0.15, 0.2) is 0 Å². The van der Waals surface area contributed by atoms with Gasteiger partial charge in [-0.3, -0.25) is 0 Å². The summed E-state index contributed by atoms with van der Waals surface area (Å²) >= 11 is 0. The standard InChI is InChI=1S/C19H24Si2/c1-20(2,3)19-18(15-11-7-6-8-12-15)16-13-9-10-14-17(16)21(19,4)5/h6-14H,1-5H3. The van der Waals surface area contributed by atoms with Crippen molar-refractivity contribution in [2.45, 2.75) is 32.7 Å². The molecule has 0 bridgehead atoms. The van der Waals surface area contributed by atoms with E-state index in [1.165, 1.54) is 11.1 Å². The average Bonchev–Trinajstić information content (AvgIpc) is 2.68. The normalized spacial score (nSPS) is 17.0. The van der Waals surface area contributed by atoms with Crippen molar-refractivity contribution in [3.8, 4) is 0 Å². The van der Waals surface area contributed by atoms with Gasteiger partial charge in [-0.2, -0.15) is 0 Å². The summed E-state index contributed by atoms with van der Waals surface area (Å²) in [7, 11) is -2.89. The molecule has 108 valence electrons. The fraction of sp³-hybridized carbons (Fsp3) is 0.263. The molecule has 0 aromatic heterocycles. The third-order valence-electron chi connectivity index (χ3n) is 4.56. The van der Waals surface area contributed by atoms with Gasteiger partial charge in [-0.25, -0.2) is 0 Å². The lowest BCUT2D eigenvalue weighted by Crippen LogP contribution is -2.48. The second-order valence-corrected chi connectivity index (χ2v) is 17.3. The van der Waals surface area contributed by atoms with E-state index in [9.17, 15) is 0 Å². The fourth-order valence-electron chi connectivity index (χ4n) is 4.05. The SMILES string of the molecule is C[Si](C)(C)C1=C(c2ccccc2)c2ccccc2[Si]1(C)C. The van der Waals surface area contributed by atoms with E-state index in [1.54, 1.807) is 10.8 Å². The lowest BCUT2D eigenvalue weighted by molar-refractivity contribution is 1.57. The highest BCUT2D eigenvalue weighted by molar-refractivity contribution is 7.13. The predicted molar refractivity (Wildman–Crippen MR) is 99.4 cm³/mol. The molecule has 0 radical (unpaired) electrons. The first kappa shape index (κ1) is 14.5. The van der Waals surface area contributed by atoms with Crippen molar-refractivity contribution >= 4 is 26.9 Å². The molecular weight excluding hydrogens is 284 g/mol. The third-order valence-corrected chi connectivity index (χ3v) is 13.7. The molecule has 0 saturated carbocycles. The van der Waals surface area contributed by atoms with Gasteiger partial charge >= 0.3 is 0 Å². The van der Waals surface area contributed by atoms with Gasteiger partial charge in [-0.15, -0.1) is 0 Å². The molecule has 2 aromatic carbocycles. The second kappa shape index (κ2) is 4.82. The lowest BCUT2D eigenvalue weighted by atomic mass is 10.00. The summed E-state index contributed by atoms with van der Waals surface area (Å²) in [6.45, 7) is 12.6. The molecule has 0 nitrogen and oxygen atoms in total. The summed E-state index contributed by atoms with van der Waals surface area (Å²) in [6.07, 6.45) is 0. The van der Waals surface area contributed by atoms with Crippen LogP contribution in [0, 0.1) is 0 Å². The molecule has 0 saturated heterocycles. The van der Waals surface area contributed by atoms with Crippen molar-refractivity contribution in [2.24, 2.45) is 0 Å². The number of hydrogen-bond donors (Lipinski definition) is 0. The Morgan fingerprint density at radius 2 is 1.33 bits per heavy atom. The van der Waals surface area contributed by atoms with Crippen molar-refractivity contribution in [3.63, 3.8) is 0 Å². The van der Waals surface area contributed by atoms with E-state index in [-0.39, 0.29) is 0 Å². The molecule has 0 N–H and O–H groups in total. The Bertz CT molecular complexity index is 704. The van der Waals surface area contributed by atoms with E-state index in [0.29, 0.717) is 0 Å². The monoisotopic (exact) mass is 308 g/mol. The predicted octanol–water partition coefficient (Wildman–Crippen LogP) is 4.83. The van der Waals surface area contributed by atoms with Crippen LogP contribution >= 0.6 is 0 Å². The highest BCUT2D eigenvalue weighted by atomic mass is 28.4. The van der Waals surface area contributed by atoms with Crippen molar-refractivity contribution < 1.29 is 0 Å². The molecule has 0 aliphatic carbocycles. The first-order valence-corrected chi connectivity index (χ1v) is 14.2. The van der Waals surface area contributed by atoms with Crippen LogP contribution in [0.25, 0.3) is 5.57 Å². The van der Waals surface area contributed by atoms with Crippen LogP contribution in [0.15, 0.2) is 59.4 Å². The van der Waals surface area contributed by atoms with Gasteiger partial charge in [0.05, 0.1) is 8.07 Å². The number of fused-ring (bicyclic) bond motifs is 1. The Labute approximate surface area is 130 Å². The quantitative estimate of drug-likeness (QED) is 0.697. The summed E-state index contributed by atoms with van der Waals surface area (Å²) in [5.41, 5.74) is 4.46. The minimum absolute atomic E-state index is 1.36. The lowest BCUT2D eigenvalue weighted by Gasteiger charge is -2.31. The van der Waals surface area contributed by atoms with Crippen LogP contribution in [0.5, 0.6) is 0 Å². The zero-order valence-electron chi connectivity index (χ0n) is 13.7. The van der Waals surface area contributed by atoms with E-state index in [4.69, 9.17) is 0 Å². The van der Waals surface area contributed by atoms with Gasteiger partial charge in [-0.05, 0) is 21.9 Å². The zero-order chi connectivity index (χ0) is 15.3. The van der Waals surface area contributed by atoms with Crippen LogP contribution in [0.3, 0.4) is 0 Å². The first-order chi connectivity index (χ1) is 9.83. The van der Waals surface area contributed by atoms with E-state index >= 15 is 0 Å². The molecule has 0 amide bonds. The molecular formula is C19H24Si2. The highest BCUT2D eigenvalue weighted by Crippen LogP contribution is 2.41. The van der Waals surface area contributed by atoms with Crippen LogP contribution < -0.4 is 5.19 Å². The molecule has 2 heteroatoms. The van der Waals surface area contributed by atoms with E-state index in [1.807, 2.05) is 4.82 Å². The van der Waals surface area contributed by atoms with Crippen molar-refractivity contribution in [3.05, 3.63) is 70.5 Å². The summed E-state index contributed by atoms with van der Waals surface area (Å²) in [5, 5.41) is 1.63. The van der Waals surface area contributed by atoms with Crippen LogP contribution in [0.1, 0.15) is 11.1 Å². The maximum absolute atomic E-state index is 2.54. The van der Waals surface area contributed by atoms with E-state index in [2.05, 4.69) is 87.3 Å². The Balaban J connectivity index is 2.38. The summed E-state index contributed by atoms with van der Waals surface area (Å²) in [5.74, 6) is 0. The minimum Gasteiger partial charge on any atom is -0.0783 e. The largest absolute Gasteiger partial charge is 0.105 e. The molecule has 0 unspecified atom stereocenters. The summed E-state index contributed by atoms with van der Waals surface area (Å²) in [4.78, 5) is 1.82. The minimum atomic E-state index is -1.53. The van der Waals surface area contributed by atoms with Gasteiger partial charge in [0.1, 0.15) is 8.07 Å². The number of benzene rings is 2. The fourth-order valence-corrected chi connectivity index (χ4v) is 15.5.